The van der Waals surface area contributed by atoms with Gasteiger partial charge in [-0.25, -0.2) is 0 Å². The molecular formula is C34H54O3S. The Morgan fingerprint density at radius 2 is 1.03 bits per heavy atom. The van der Waals surface area contributed by atoms with Gasteiger partial charge in [-0.1, -0.05) is 102 Å². The molecule has 0 saturated carbocycles. The number of phenols is 2. The van der Waals surface area contributed by atoms with E-state index in [0.717, 1.165) is 35.1 Å². The maximum absolute atomic E-state index is 11.4. The molecule has 0 unspecified atom stereocenters. The van der Waals surface area contributed by atoms with Crippen molar-refractivity contribution in [2.24, 2.45) is 0 Å². The predicted molar refractivity (Wildman–Crippen MR) is 165 cm³/mol. The lowest BCUT2D eigenvalue weighted by molar-refractivity contribution is 0.173. The van der Waals surface area contributed by atoms with Crippen molar-refractivity contribution in [2.45, 2.75) is 134 Å². The second-order valence-corrected chi connectivity index (χ2v) is 17.1. The van der Waals surface area contributed by atoms with Gasteiger partial charge in [-0.05, 0) is 57.8 Å². The fraction of sp³-hybridized carbons (Fsp3) is 0.647. The van der Waals surface area contributed by atoms with E-state index in [1.165, 1.54) is 10.5 Å². The maximum atomic E-state index is 11.4. The first-order valence-corrected chi connectivity index (χ1v) is 14.7. The molecule has 38 heavy (non-hydrogen) atoms. The van der Waals surface area contributed by atoms with E-state index < -0.39 is 0 Å². The normalized spacial score (nSPS) is 13.7. The lowest BCUT2D eigenvalue weighted by Gasteiger charge is -2.33. The van der Waals surface area contributed by atoms with E-state index in [1.807, 2.05) is 11.8 Å². The highest BCUT2D eigenvalue weighted by Crippen LogP contribution is 2.46. The van der Waals surface area contributed by atoms with Crippen molar-refractivity contribution in [3.05, 3.63) is 52.1 Å². The monoisotopic (exact) mass is 542 g/mol. The van der Waals surface area contributed by atoms with E-state index in [9.17, 15) is 10.2 Å². The largest absolute Gasteiger partial charge is 0.507 e. The van der Waals surface area contributed by atoms with E-state index in [1.54, 1.807) is 7.11 Å². The van der Waals surface area contributed by atoms with Gasteiger partial charge in [0.2, 0.25) is 0 Å². The van der Waals surface area contributed by atoms with Crippen LogP contribution in [0.1, 0.15) is 124 Å². The SMILES string of the molecule is COCCC(C)(C)c1cc(CC(C)(C)Sc2cc(C(C)(C)C)c(O)c(C(C)(C)C)c2)cc(C(C)(C)C)c1O. The molecule has 4 heteroatoms. The van der Waals surface area contributed by atoms with Crippen LogP contribution < -0.4 is 0 Å². The summed E-state index contributed by atoms with van der Waals surface area (Å²) in [7, 11) is 1.73. The number of hydrogen-bond acceptors (Lipinski definition) is 4. The molecule has 0 fully saturated rings. The van der Waals surface area contributed by atoms with Crippen molar-refractivity contribution >= 4 is 11.8 Å². The second-order valence-electron chi connectivity index (χ2n) is 15.3. The molecule has 0 heterocycles. The Balaban J connectivity index is 2.58. The summed E-state index contributed by atoms with van der Waals surface area (Å²) in [5.74, 6) is 0.833. The minimum absolute atomic E-state index is 0.110. The van der Waals surface area contributed by atoms with Gasteiger partial charge in [0.05, 0.1) is 0 Å². The van der Waals surface area contributed by atoms with Gasteiger partial charge in [-0.3, -0.25) is 0 Å². The molecule has 0 spiro atoms. The molecule has 0 aliphatic rings. The summed E-state index contributed by atoms with van der Waals surface area (Å²) in [6.45, 7) is 29.0. The molecule has 0 bridgehead atoms. The highest BCUT2D eigenvalue weighted by molar-refractivity contribution is 8.00. The summed E-state index contributed by atoms with van der Waals surface area (Å²) in [4.78, 5) is 1.18. The first-order chi connectivity index (χ1) is 17.0. The van der Waals surface area contributed by atoms with Gasteiger partial charge in [-0.15, -0.1) is 11.8 Å². The fourth-order valence-electron chi connectivity index (χ4n) is 5.03. The van der Waals surface area contributed by atoms with Crippen LogP contribution in [0.2, 0.25) is 0 Å². The van der Waals surface area contributed by atoms with Gasteiger partial charge in [0.25, 0.3) is 0 Å². The van der Waals surface area contributed by atoms with Crippen molar-refractivity contribution in [3.8, 4) is 11.5 Å². The molecule has 2 aromatic carbocycles. The van der Waals surface area contributed by atoms with Crippen LogP contribution in [0.25, 0.3) is 0 Å². The number of thioether (sulfide) groups is 1. The highest BCUT2D eigenvalue weighted by Gasteiger charge is 2.32. The lowest BCUT2D eigenvalue weighted by Crippen LogP contribution is -2.24. The van der Waals surface area contributed by atoms with Gasteiger partial charge in [0, 0.05) is 40.0 Å². The Morgan fingerprint density at radius 1 is 0.632 bits per heavy atom. The topological polar surface area (TPSA) is 49.7 Å². The van der Waals surface area contributed by atoms with Crippen molar-refractivity contribution in [3.63, 3.8) is 0 Å². The van der Waals surface area contributed by atoms with Crippen LogP contribution in [-0.2, 0) is 32.8 Å². The summed E-state index contributed by atoms with van der Waals surface area (Å²) >= 11 is 1.86. The predicted octanol–water partition coefficient (Wildman–Crippen LogP) is 9.42. The molecule has 0 amide bonds. The Morgan fingerprint density at radius 3 is 1.45 bits per heavy atom. The number of benzene rings is 2. The Labute approximate surface area is 237 Å². The Bertz CT molecular complexity index is 1090. The molecule has 2 N–H and O–H groups in total. The molecule has 0 radical (unpaired) electrons. The smallest absolute Gasteiger partial charge is 0.123 e. The third kappa shape index (κ3) is 7.94. The van der Waals surface area contributed by atoms with Gasteiger partial charge in [-0.2, -0.15) is 0 Å². The summed E-state index contributed by atoms with van der Waals surface area (Å²) < 4.78 is 5.28. The van der Waals surface area contributed by atoms with Crippen molar-refractivity contribution in [1.82, 2.24) is 0 Å². The standard InChI is InChI=1S/C34H54O3S/c1-30(2,3)24-17-22(18-27(29(24)36)33(10,11)15-16-37-14)21-34(12,13)38-23-19-25(31(4,5)6)28(35)26(20-23)32(7,8)9/h17-20,35-36H,15-16,21H2,1-14H3. The highest BCUT2D eigenvalue weighted by atomic mass is 32.2. The van der Waals surface area contributed by atoms with E-state index in [2.05, 4.69) is 114 Å². The van der Waals surface area contributed by atoms with Crippen molar-refractivity contribution in [1.29, 1.82) is 0 Å². The van der Waals surface area contributed by atoms with Crippen molar-refractivity contribution < 1.29 is 14.9 Å². The average molecular weight is 543 g/mol. The number of methoxy groups -OCH3 is 1. The molecule has 2 rings (SSSR count). The van der Waals surface area contributed by atoms with Crippen LogP contribution in [0.3, 0.4) is 0 Å². The van der Waals surface area contributed by atoms with Crippen molar-refractivity contribution in [2.75, 3.05) is 13.7 Å². The first-order valence-electron chi connectivity index (χ1n) is 13.9. The summed E-state index contributed by atoms with van der Waals surface area (Å²) in [6, 6.07) is 8.76. The van der Waals surface area contributed by atoms with Crippen LogP contribution in [0, 0.1) is 0 Å². The molecule has 0 aliphatic heterocycles. The zero-order chi connectivity index (χ0) is 29.5. The number of phenolic OH excluding ortho intramolecular Hbond substituents is 2. The third-order valence-corrected chi connectivity index (χ3v) is 8.53. The molecule has 0 atom stereocenters. The molecule has 0 aliphatic carbocycles. The summed E-state index contributed by atoms with van der Waals surface area (Å²) in [6.07, 6.45) is 1.69. The van der Waals surface area contributed by atoms with E-state index in [0.29, 0.717) is 18.1 Å². The maximum Gasteiger partial charge on any atom is 0.123 e. The second kappa shape index (κ2) is 11.1. The number of aromatic hydroxyl groups is 2. The van der Waals surface area contributed by atoms with Crippen LogP contribution in [-0.4, -0.2) is 28.7 Å². The Hall–Kier alpha value is -1.65. The molecule has 0 saturated heterocycles. The quantitative estimate of drug-likeness (QED) is 0.326. The van der Waals surface area contributed by atoms with Gasteiger partial charge in [0.1, 0.15) is 11.5 Å². The molecule has 2 aromatic rings. The zero-order valence-corrected chi connectivity index (χ0v) is 27.5. The van der Waals surface area contributed by atoms with Crippen LogP contribution >= 0.6 is 11.8 Å². The van der Waals surface area contributed by atoms with Crippen LogP contribution in [0.4, 0.5) is 0 Å². The molecule has 3 nitrogen and oxygen atoms in total. The minimum Gasteiger partial charge on any atom is -0.507 e. The summed E-state index contributed by atoms with van der Waals surface area (Å²) in [5, 5.41) is 22.6. The molecular weight excluding hydrogens is 488 g/mol. The molecule has 214 valence electrons. The third-order valence-electron chi connectivity index (χ3n) is 7.36. The minimum atomic E-state index is -0.215. The average Bonchev–Trinajstić information content (AvgIpc) is 2.71. The Kier molecular flexibility index (Phi) is 9.50. The number of rotatable bonds is 8. The lowest BCUT2D eigenvalue weighted by atomic mass is 9.75. The van der Waals surface area contributed by atoms with Gasteiger partial charge in [0.15, 0.2) is 0 Å². The zero-order valence-electron chi connectivity index (χ0n) is 26.6. The van der Waals surface area contributed by atoms with Crippen LogP contribution in [0.15, 0.2) is 29.2 Å². The van der Waals surface area contributed by atoms with Gasteiger partial charge < -0.3 is 14.9 Å². The van der Waals surface area contributed by atoms with E-state index in [-0.39, 0.29) is 26.4 Å². The van der Waals surface area contributed by atoms with E-state index in [4.69, 9.17) is 4.74 Å². The number of hydrogen-bond donors (Lipinski definition) is 2. The van der Waals surface area contributed by atoms with Gasteiger partial charge >= 0.3 is 0 Å². The summed E-state index contributed by atoms with van der Waals surface area (Å²) in [5.41, 5.74) is 4.49. The van der Waals surface area contributed by atoms with E-state index >= 15 is 0 Å². The fourth-order valence-corrected chi connectivity index (χ4v) is 6.26. The van der Waals surface area contributed by atoms with Crippen LogP contribution in [0.5, 0.6) is 11.5 Å². The number of ether oxygens (including phenoxy) is 1. The molecule has 0 aromatic heterocycles. The first kappa shape index (κ1) is 32.6.